The SMILES string of the molecule is C=CCOc1ccc(/C=C/C(=O)NNC(=O)C[C@H]2CCS(=O)(=O)C2)cc1. The Hall–Kier alpha value is -2.61. The Labute approximate surface area is 153 Å². The van der Waals surface area contributed by atoms with E-state index >= 15 is 0 Å². The third kappa shape index (κ3) is 6.72. The average molecular weight is 378 g/mol. The number of sulfone groups is 1. The second kappa shape index (κ2) is 9.19. The summed E-state index contributed by atoms with van der Waals surface area (Å²) in [7, 11) is -3.01. The normalized spacial score (nSPS) is 18.4. The van der Waals surface area contributed by atoms with Gasteiger partial charge in [-0.3, -0.25) is 20.4 Å². The van der Waals surface area contributed by atoms with Crippen LogP contribution in [-0.4, -0.2) is 38.3 Å². The third-order valence-corrected chi connectivity index (χ3v) is 5.64. The van der Waals surface area contributed by atoms with E-state index in [0.717, 1.165) is 5.56 Å². The maximum Gasteiger partial charge on any atom is 0.262 e. The van der Waals surface area contributed by atoms with E-state index < -0.39 is 21.7 Å². The van der Waals surface area contributed by atoms with Gasteiger partial charge in [0.05, 0.1) is 11.5 Å². The van der Waals surface area contributed by atoms with Crippen LogP contribution in [0.1, 0.15) is 18.4 Å². The molecule has 0 aliphatic carbocycles. The van der Waals surface area contributed by atoms with E-state index in [4.69, 9.17) is 4.74 Å². The zero-order valence-corrected chi connectivity index (χ0v) is 15.1. The van der Waals surface area contributed by atoms with Crippen LogP contribution in [0.5, 0.6) is 5.75 Å². The molecule has 140 valence electrons. The average Bonchev–Trinajstić information content (AvgIpc) is 2.95. The topological polar surface area (TPSA) is 102 Å². The Bertz CT molecular complexity index is 784. The molecule has 1 aromatic rings. The molecule has 8 heteroatoms. The molecule has 1 heterocycles. The standard InChI is InChI=1S/C18H22N2O5S/c1-2-10-25-16-6-3-14(4-7-16)5-8-17(21)19-20-18(22)12-15-9-11-26(23,24)13-15/h2-8,15H,1,9-13H2,(H,19,21)(H,20,22)/b8-5+/t15-/m1/s1. The van der Waals surface area contributed by atoms with Crippen LogP contribution in [0.2, 0.25) is 0 Å². The summed E-state index contributed by atoms with van der Waals surface area (Å²) in [6, 6.07) is 7.14. The van der Waals surface area contributed by atoms with E-state index in [-0.39, 0.29) is 23.8 Å². The molecular weight excluding hydrogens is 356 g/mol. The number of hydrazine groups is 1. The van der Waals surface area contributed by atoms with Crippen molar-refractivity contribution in [3.8, 4) is 5.75 Å². The number of nitrogens with one attached hydrogen (secondary N) is 2. The van der Waals surface area contributed by atoms with Crippen LogP contribution in [0.3, 0.4) is 0 Å². The molecule has 2 N–H and O–H groups in total. The Morgan fingerprint density at radius 3 is 2.58 bits per heavy atom. The molecule has 1 aliphatic heterocycles. The summed E-state index contributed by atoms with van der Waals surface area (Å²) in [6.45, 7) is 3.99. The zero-order valence-electron chi connectivity index (χ0n) is 14.3. The fourth-order valence-electron chi connectivity index (χ4n) is 2.52. The largest absolute Gasteiger partial charge is 0.490 e. The van der Waals surface area contributed by atoms with Crippen molar-refractivity contribution in [3.63, 3.8) is 0 Å². The van der Waals surface area contributed by atoms with Crippen LogP contribution in [0, 0.1) is 5.92 Å². The smallest absolute Gasteiger partial charge is 0.262 e. The molecular formula is C18H22N2O5S. The zero-order chi connectivity index (χ0) is 19.0. The lowest BCUT2D eigenvalue weighted by Gasteiger charge is -2.08. The van der Waals surface area contributed by atoms with Crippen LogP contribution in [0.25, 0.3) is 6.08 Å². The first-order chi connectivity index (χ1) is 12.4. The first kappa shape index (κ1) is 19.7. The minimum atomic E-state index is -3.01. The van der Waals surface area contributed by atoms with E-state index in [2.05, 4.69) is 17.4 Å². The third-order valence-electron chi connectivity index (χ3n) is 3.80. The van der Waals surface area contributed by atoms with Crippen LogP contribution in [0.4, 0.5) is 0 Å². The van der Waals surface area contributed by atoms with Gasteiger partial charge in [-0.25, -0.2) is 8.42 Å². The predicted molar refractivity (Wildman–Crippen MR) is 98.8 cm³/mol. The molecule has 1 aromatic carbocycles. The van der Waals surface area contributed by atoms with Crippen molar-refractivity contribution < 1.29 is 22.7 Å². The summed E-state index contributed by atoms with van der Waals surface area (Å²) in [5.41, 5.74) is 5.37. The van der Waals surface area contributed by atoms with Crippen LogP contribution in [-0.2, 0) is 19.4 Å². The van der Waals surface area contributed by atoms with Crippen molar-refractivity contribution in [2.75, 3.05) is 18.1 Å². The summed E-state index contributed by atoms with van der Waals surface area (Å²) in [6.07, 6.45) is 5.10. The number of ether oxygens (including phenoxy) is 1. The van der Waals surface area contributed by atoms with E-state index in [1.807, 2.05) is 0 Å². The van der Waals surface area contributed by atoms with Gasteiger partial charge in [0, 0.05) is 12.5 Å². The molecule has 1 fully saturated rings. The first-order valence-corrected chi connectivity index (χ1v) is 10.0. The van der Waals surface area contributed by atoms with Crippen molar-refractivity contribution in [2.45, 2.75) is 12.8 Å². The van der Waals surface area contributed by atoms with Gasteiger partial charge in [-0.05, 0) is 36.1 Å². The molecule has 0 aromatic heterocycles. The Kier molecular flexibility index (Phi) is 6.97. The second-order valence-electron chi connectivity index (χ2n) is 6.01. The van der Waals surface area contributed by atoms with E-state index in [0.29, 0.717) is 18.8 Å². The van der Waals surface area contributed by atoms with Gasteiger partial charge >= 0.3 is 0 Å². The molecule has 0 unspecified atom stereocenters. The number of carbonyl (C=O) groups is 2. The summed E-state index contributed by atoms with van der Waals surface area (Å²) in [5.74, 6) is -0.220. The van der Waals surface area contributed by atoms with Gasteiger partial charge in [-0.2, -0.15) is 0 Å². The minimum absolute atomic E-state index is 0.0285. The highest BCUT2D eigenvalue weighted by Gasteiger charge is 2.29. The lowest BCUT2D eigenvalue weighted by Crippen LogP contribution is -2.41. The Balaban J connectivity index is 1.73. The quantitative estimate of drug-likeness (QED) is 0.422. The monoisotopic (exact) mass is 378 g/mol. The summed E-state index contributed by atoms with van der Waals surface area (Å²) in [5, 5.41) is 0. The summed E-state index contributed by atoms with van der Waals surface area (Å²) in [4.78, 5) is 23.5. The fraction of sp³-hybridized carbons (Fsp3) is 0.333. The first-order valence-electron chi connectivity index (χ1n) is 8.19. The number of rotatable bonds is 7. The van der Waals surface area contributed by atoms with Gasteiger partial charge < -0.3 is 4.74 Å². The van der Waals surface area contributed by atoms with Gasteiger partial charge in [0.2, 0.25) is 5.91 Å². The summed E-state index contributed by atoms with van der Waals surface area (Å²) >= 11 is 0. The van der Waals surface area contributed by atoms with Crippen molar-refractivity contribution >= 4 is 27.7 Å². The Morgan fingerprint density at radius 2 is 1.96 bits per heavy atom. The highest BCUT2D eigenvalue weighted by molar-refractivity contribution is 7.91. The number of hydrogen-bond donors (Lipinski definition) is 2. The predicted octanol–water partition coefficient (Wildman–Crippen LogP) is 1.24. The maximum atomic E-state index is 11.7. The molecule has 1 atom stereocenters. The van der Waals surface area contributed by atoms with Crippen molar-refractivity contribution in [2.24, 2.45) is 5.92 Å². The van der Waals surface area contributed by atoms with Crippen LogP contribution >= 0.6 is 0 Å². The van der Waals surface area contributed by atoms with Gasteiger partial charge in [-0.15, -0.1) is 0 Å². The number of carbonyl (C=O) groups excluding carboxylic acids is 2. The molecule has 0 saturated carbocycles. The molecule has 0 radical (unpaired) electrons. The van der Waals surface area contributed by atoms with Crippen LogP contribution in [0.15, 0.2) is 43.0 Å². The van der Waals surface area contributed by atoms with E-state index in [1.54, 1.807) is 36.4 Å². The number of benzene rings is 1. The fourth-order valence-corrected chi connectivity index (χ4v) is 4.38. The van der Waals surface area contributed by atoms with Crippen molar-refractivity contribution in [1.29, 1.82) is 0 Å². The van der Waals surface area contributed by atoms with Gasteiger partial charge in [0.1, 0.15) is 12.4 Å². The summed E-state index contributed by atoms with van der Waals surface area (Å²) < 4.78 is 28.1. The maximum absolute atomic E-state index is 11.7. The number of hydrogen-bond acceptors (Lipinski definition) is 5. The van der Waals surface area contributed by atoms with Gasteiger partial charge in [-0.1, -0.05) is 24.8 Å². The molecule has 1 saturated heterocycles. The van der Waals surface area contributed by atoms with Crippen molar-refractivity contribution in [1.82, 2.24) is 10.9 Å². The van der Waals surface area contributed by atoms with Crippen LogP contribution < -0.4 is 15.6 Å². The van der Waals surface area contributed by atoms with E-state index in [9.17, 15) is 18.0 Å². The Morgan fingerprint density at radius 1 is 1.23 bits per heavy atom. The minimum Gasteiger partial charge on any atom is -0.490 e. The number of amides is 2. The second-order valence-corrected chi connectivity index (χ2v) is 8.24. The van der Waals surface area contributed by atoms with E-state index in [1.165, 1.54) is 6.08 Å². The molecule has 0 bridgehead atoms. The molecule has 26 heavy (non-hydrogen) atoms. The molecule has 7 nitrogen and oxygen atoms in total. The van der Waals surface area contributed by atoms with Crippen molar-refractivity contribution in [3.05, 3.63) is 48.6 Å². The molecule has 1 aliphatic rings. The molecule has 0 spiro atoms. The lowest BCUT2D eigenvalue weighted by atomic mass is 10.1. The molecule has 2 amide bonds. The lowest BCUT2D eigenvalue weighted by molar-refractivity contribution is -0.127. The highest BCUT2D eigenvalue weighted by Crippen LogP contribution is 2.21. The van der Waals surface area contributed by atoms with Gasteiger partial charge in [0.25, 0.3) is 5.91 Å². The molecule has 2 rings (SSSR count). The highest BCUT2D eigenvalue weighted by atomic mass is 32.2. The van der Waals surface area contributed by atoms with Gasteiger partial charge in [0.15, 0.2) is 9.84 Å².